The Balaban J connectivity index is 1.94. The molecule has 1 aliphatic rings. The molecule has 1 atom stereocenters. The molecule has 0 spiro atoms. The van der Waals surface area contributed by atoms with E-state index in [0.717, 1.165) is 17.4 Å². The van der Waals surface area contributed by atoms with Crippen molar-refractivity contribution in [1.29, 1.82) is 0 Å². The van der Waals surface area contributed by atoms with Gasteiger partial charge in [-0.05, 0) is 38.4 Å². The van der Waals surface area contributed by atoms with E-state index in [1.165, 1.54) is 44.9 Å². The molecule has 1 heterocycles. The fourth-order valence-corrected chi connectivity index (χ4v) is 2.95. The molecule has 1 aliphatic carbocycles. The molecule has 0 bridgehead atoms. The second kappa shape index (κ2) is 6.25. The summed E-state index contributed by atoms with van der Waals surface area (Å²) in [5, 5.41) is 3.41. The van der Waals surface area contributed by atoms with Gasteiger partial charge in [0.25, 0.3) is 0 Å². The zero-order valence-electron chi connectivity index (χ0n) is 11.2. The molecule has 2 rings (SSSR count). The first-order valence-corrected chi connectivity index (χ1v) is 7.03. The fourth-order valence-electron chi connectivity index (χ4n) is 2.95. The van der Waals surface area contributed by atoms with Crippen molar-refractivity contribution in [1.82, 2.24) is 5.32 Å². The summed E-state index contributed by atoms with van der Waals surface area (Å²) in [5.74, 6) is 3.00. The molecular weight excluding hydrogens is 210 g/mol. The first kappa shape index (κ1) is 12.7. The molecule has 1 unspecified atom stereocenters. The third-order valence-corrected chi connectivity index (χ3v) is 4.00. The highest BCUT2D eigenvalue weighted by molar-refractivity contribution is 5.09. The molecule has 0 radical (unpaired) electrons. The van der Waals surface area contributed by atoms with Gasteiger partial charge >= 0.3 is 0 Å². The van der Waals surface area contributed by atoms with Crippen LogP contribution < -0.4 is 5.32 Å². The van der Waals surface area contributed by atoms with Gasteiger partial charge in [-0.2, -0.15) is 0 Å². The number of rotatable bonds is 4. The van der Waals surface area contributed by atoms with Crippen LogP contribution in [0.2, 0.25) is 0 Å². The lowest BCUT2D eigenvalue weighted by Gasteiger charge is -2.20. The molecule has 1 fully saturated rings. The van der Waals surface area contributed by atoms with Crippen LogP contribution >= 0.6 is 0 Å². The molecule has 0 amide bonds. The highest BCUT2D eigenvalue weighted by atomic mass is 16.3. The lowest BCUT2D eigenvalue weighted by Crippen LogP contribution is -2.19. The minimum atomic E-state index is 0.395. The van der Waals surface area contributed by atoms with Gasteiger partial charge in [-0.25, -0.2) is 0 Å². The summed E-state index contributed by atoms with van der Waals surface area (Å²) >= 11 is 0. The highest BCUT2D eigenvalue weighted by Crippen LogP contribution is 2.31. The van der Waals surface area contributed by atoms with E-state index in [0.29, 0.717) is 6.04 Å². The second-order valence-corrected chi connectivity index (χ2v) is 5.38. The van der Waals surface area contributed by atoms with E-state index >= 15 is 0 Å². The Morgan fingerprint density at radius 2 is 1.94 bits per heavy atom. The van der Waals surface area contributed by atoms with Crippen molar-refractivity contribution in [3.63, 3.8) is 0 Å². The van der Waals surface area contributed by atoms with Gasteiger partial charge in [0, 0.05) is 0 Å². The molecular formula is C15H25NO. The Morgan fingerprint density at radius 3 is 2.47 bits per heavy atom. The van der Waals surface area contributed by atoms with Crippen LogP contribution in [0.15, 0.2) is 16.5 Å². The third-order valence-electron chi connectivity index (χ3n) is 4.00. The maximum absolute atomic E-state index is 5.75. The predicted molar refractivity (Wildman–Crippen MR) is 71.1 cm³/mol. The van der Waals surface area contributed by atoms with Gasteiger partial charge in [-0.1, -0.05) is 38.5 Å². The lowest BCUT2D eigenvalue weighted by atomic mass is 9.92. The Labute approximate surface area is 105 Å². The van der Waals surface area contributed by atoms with Gasteiger partial charge in [0.05, 0.1) is 6.04 Å². The summed E-state index contributed by atoms with van der Waals surface area (Å²) in [7, 11) is 2.04. The Hall–Kier alpha value is -0.760. The molecule has 2 heteroatoms. The van der Waals surface area contributed by atoms with Gasteiger partial charge < -0.3 is 9.73 Å². The van der Waals surface area contributed by atoms with Crippen LogP contribution in [0.3, 0.4) is 0 Å². The first-order chi connectivity index (χ1) is 8.29. The zero-order chi connectivity index (χ0) is 12.1. The van der Waals surface area contributed by atoms with E-state index in [1.54, 1.807) is 0 Å². The average Bonchev–Trinajstić information content (AvgIpc) is 2.62. The van der Waals surface area contributed by atoms with Crippen molar-refractivity contribution in [2.45, 2.75) is 57.9 Å². The van der Waals surface area contributed by atoms with Crippen LogP contribution in [0.1, 0.15) is 62.5 Å². The maximum atomic E-state index is 5.75. The zero-order valence-corrected chi connectivity index (χ0v) is 11.2. The summed E-state index contributed by atoms with van der Waals surface area (Å²) in [5.41, 5.74) is 0. The van der Waals surface area contributed by atoms with Crippen LogP contribution in [0.25, 0.3) is 0 Å². The molecule has 2 nitrogen and oxygen atoms in total. The van der Waals surface area contributed by atoms with E-state index in [4.69, 9.17) is 4.42 Å². The third kappa shape index (κ3) is 3.60. The molecule has 96 valence electrons. The molecule has 0 aromatic carbocycles. The number of nitrogens with one attached hydrogen (secondary N) is 1. The van der Waals surface area contributed by atoms with Crippen molar-refractivity contribution in [3.8, 4) is 0 Å². The molecule has 1 aromatic heterocycles. The van der Waals surface area contributed by atoms with Gasteiger partial charge in [0.1, 0.15) is 11.5 Å². The SMILES string of the molecule is CNC(CC1CCCCCC1)c1ccc(C)o1. The largest absolute Gasteiger partial charge is 0.465 e. The predicted octanol–water partition coefficient (Wildman–Crippen LogP) is 4.21. The van der Waals surface area contributed by atoms with Crippen molar-refractivity contribution in [2.75, 3.05) is 7.05 Å². The number of hydrogen-bond acceptors (Lipinski definition) is 2. The number of furan rings is 1. The fraction of sp³-hybridized carbons (Fsp3) is 0.733. The van der Waals surface area contributed by atoms with E-state index in [9.17, 15) is 0 Å². The topological polar surface area (TPSA) is 25.2 Å². The Kier molecular flexibility index (Phi) is 4.66. The van der Waals surface area contributed by atoms with Crippen LogP contribution in [0.4, 0.5) is 0 Å². The lowest BCUT2D eigenvalue weighted by molar-refractivity contribution is 0.327. The summed E-state index contributed by atoms with van der Waals surface area (Å²) in [6, 6.07) is 4.58. The van der Waals surface area contributed by atoms with Crippen molar-refractivity contribution in [3.05, 3.63) is 23.7 Å². The smallest absolute Gasteiger partial charge is 0.121 e. The molecule has 1 saturated carbocycles. The normalized spacial score (nSPS) is 20.1. The maximum Gasteiger partial charge on any atom is 0.121 e. The molecule has 0 aliphatic heterocycles. The summed E-state index contributed by atoms with van der Waals surface area (Å²) in [6.07, 6.45) is 9.72. The van der Waals surface area contributed by atoms with Gasteiger partial charge in [0.15, 0.2) is 0 Å². The summed E-state index contributed by atoms with van der Waals surface area (Å²) in [6.45, 7) is 2.02. The number of hydrogen-bond donors (Lipinski definition) is 1. The minimum absolute atomic E-state index is 0.395. The van der Waals surface area contributed by atoms with Gasteiger partial charge in [-0.15, -0.1) is 0 Å². The van der Waals surface area contributed by atoms with Crippen LogP contribution in [-0.2, 0) is 0 Å². The molecule has 17 heavy (non-hydrogen) atoms. The summed E-state index contributed by atoms with van der Waals surface area (Å²) in [4.78, 5) is 0. The van der Waals surface area contributed by atoms with E-state index in [-0.39, 0.29) is 0 Å². The van der Waals surface area contributed by atoms with Crippen LogP contribution in [0, 0.1) is 12.8 Å². The van der Waals surface area contributed by atoms with E-state index in [2.05, 4.69) is 17.4 Å². The van der Waals surface area contributed by atoms with Crippen molar-refractivity contribution >= 4 is 0 Å². The molecule has 1 N–H and O–H groups in total. The highest BCUT2D eigenvalue weighted by Gasteiger charge is 2.20. The molecule has 1 aromatic rings. The minimum Gasteiger partial charge on any atom is -0.465 e. The van der Waals surface area contributed by atoms with Crippen LogP contribution in [0.5, 0.6) is 0 Å². The van der Waals surface area contributed by atoms with Crippen molar-refractivity contribution in [2.24, 2.45) is 5.92 Å². The quantitative estimate of drug-likeness (QED) is 0.791. The van der Waals surface area contributed by atoms with E-state index < -0.39 is 0 Å². The Morgan fingerprint density at radius 1 is 1.24 bits per heavy atom. The van der Waals surface area contributed by atoms with Gasteiger partial charge in [0.2, 0.25) is 0 Å². The van der Waals surface area contributed by atoms with Crippen LogP contribution in [-0.4, -0.2) is 7.05 Å². The van der Waals surface area contributed by atoms with E-state index in [1.807, 2.05) is 14.0 Å². The number of aryl methyl sites for hydroxylation is 1. The second-order valence-electron chi connectivity index (χ2n) is 5.38. The molecule has 0 saturated heterocycles. The standard InChI is InChI=1S/C15H25NO/c1-12-9-10-15(17-12)14(16-2)11-13-7-5-3-4-6-8-13/h9-10,13-14,16H,3-8,11H2,1-2H3. The van der Waals surface area contributed by atoms with Crippen molar-refractivity contribution < 1.29 is 4.42 Å². The van der Waals surface area contributed by atoms with Gasteiger partial charge in [-0.3, -0.25) is 0 Å². The summed E-state index contributed by atoms with van der Waals surface area (Å²) < 4.78 is 5.75. The Bertz CT molecular complexity index is 323. The average molecular weight is 235 g/mol. The first-order valence-electron chi connectivity index (χ1n) is 7.03. The monoisotopic (exact) mass is 235 g/mol.